The molecule has 0 amide bonds. The fraction of sp³-hybridized carbons (Fsp3) is 0.688. The Bertz CT molecular complexity index is 833. The van der Waals surface area contributed by atoms with Crippen LogP contribution in [0.4, 0.5) is 5.95 Å². The monoisotopic (exact) mass is 433 g/mol. The van der Waals surface area contributed by atoms with Gasteiger partial charge in [-0.3, -0.25) is 4.57 Å². The molecule has 0 bridgehead atoms. The number of fused-ring (bicyclic) bond motifs is 1. The van der Waals surface area contributed by atoms with E-state index in [1.807, 2.05) is 20.8 Å². The van der Waals surface area contributed by atoms with Gasteiger partial charge in [-0.2, -0.15) is 9.97 Å². The molecule has 3 N–H and O–H groups in total. The molecule has 2 aromatic heterocycles. The van der Waals surface area contributed by atoms with Crippen LogP contribution in [0.15, 0.2) is 6.33 Å². The maximum absolute atomic E-state index is 10.1. The number of rotatable bonds is 11. The molecule has 3 atom stereocenters. The van der Waals surface area contributed by atoms with Crippen molar-refractivity contribution < 1.29 is 23.4 Å². The fourth-order valence-electron chi connectivity index (χ4n) is 2.48. The van der Waals surface area contributed by atoms with Crippen LogP contribution in [0, 0.1) is 0 Å². The van der Waals surface area contributed by atoms with Gasteiger partial charge in [0.1, 0.15) is 6.23 Å². The Labute approximate surface area is 169 Å². The molecule has 0 saturated carbocycles. The van der Waals surface area contributed by atoms with Gasteiger partial charge in [-0.1, -0.05) is 6.92 Å². The zero-order chi connectivity index (χ0) is 20.9. The van der Waals surface area contributed by atoms with Crippen LogP contribution in [0.25, 0.3) is 11.2 Å². The molecule has 0 saturated heterocycles. The fourth-order valence-corrected chi connectivity index (χ4v) is 4.13. The molecule has 2 rings (SSSR count). The summed E-state index contributed by atoms with van der Waals surface area (Å²) < 4.78 is 23.9. The summed E-state index contributed by atoms with van der Waals surface area (Å²) in [5, 5.41) is 0. The van der Waals surface area contributed by atoms with Crippen molar-refractivity contribution in [3.8, 4) is 5.88 Å². The molecule has 0 radical (unpaired) electrons. The predicted octanol–water partition coefficient (Wildman–Crippen LogP) is 2.78. The first-order valence-electron chi connectivity index (χ1n) is 9.10. The number of imidazole rings is 1. The van der Waals surface area contributed by atoms with Crippen molar-refractivity contribution in [1.29, 1.82) is 0 Å². The molecule has 10 nitrogen and oxygen atoms in total. The number of ether oxygens (including phenoxy) is 2. The van der Waals surface area contributed by atoms with E-state index in [0.717, 1.165) is 0 Å². The first-order chi connectivity index (χ1) is 13.2. The van der Waals surface area contributed by atoms with Crippen LogP contribution in [-0.2, 0) is 25.6 Å². The Kier molecular flexibility index (Phi) is 8.11. The lowest BCUT2D eigenvalue weighted by molar-refractivity contribution is -0.0630. The smallest absolute Gasteiger partial charge is 0.324 e. The van der Waals surface area contributed by atoms with Crippen molar-refractivity contribution in [1.82, 2.24) is 19.5 Å². The van der Waals surface area contributed by atoms with Gasteiger partial charge in [0, 0.05) is 0 Å². The second-order valence-corrected chi connectivity index (χ2v) is 9.12. The van der Waals surface area contributed by atoms with Gasteiger partial charge >= 0.3 is 6.72 Å². The number of hydrogen-bond donors (Lipinski definition) is 2. The van der Waals surface area contributed by atoms with Gasteiger partial charge in [0.2, 0.25) is 11.8 Å². The van der Waals surface area contributed by atoms with Crippen LogP contribution in [-0.4, -0.2) is 49.8 Å². The maximum Gasteiger partial charge on any atom is 0.324 e. The Hall–Kier alpha value is -1.36. The van der Waals surface area contributed by atoms with Gasteiger partial charge in [0.15, 0.2) is 11.2 Å². The molecule has 12 heteroatoms. The number of nitrogens with zero attached hydrogens (tertiary/aromatic N) is 4. The molecule has 2 heterocycles. The van der Waals surface area contributed by atoms with Crippen LogP contribution in [0.2, 0.25) is 0 Å². The summed E-state index contributed by atoms with van der Waals surface area (Å²) >= 11 is 5.00. The van der Waals surface area contributed by atoms with E-state index in [9.17, 15) is 4.89 Å². The first-order valence-corrected chi connectivity index (χ1v) is 11.7. The maximum atomic E-state index is 10.1. The van der Waals surface area contributed by atoms with Crippen molar-refractivity contribution in [2.45, 2.75) is 59.5 Å². The molecular formula is C16H28N5O5PS. The second-order valence-electron chi connectivity index (χ2n) is 6.33. The van der Waals surface area contributed by atoms with Crippen LogP contribution in [0.1, 0.15) is 47.3 Å². The molecule has 0 aliphatic rings. The third kappa shape index (κ3) is 6.07. The number of hydrogen-bond acceptors (Lipinski definition) is 9. The van der Waals surface area contributed by atoms with Gasteiger partial charge in [0.25, 0.3) is 0 Å². The number of anilines is 1. The third-order valence-corrected chi connectivity index (χ3v) is 5.43. The zero-order valence-corrected chi connectivity index (χ0v) is 18.4. The van der Waals surface area contributed by atoms with Crippen LogP contribution < -0.4 is 10.5 Å². The highest BCUT2D eigenvalue weighted by Gasteiger charge is 2.23. The van der Waals surface area contributed by atoms with E-state index in [2.05, 4.69) is 15.0 Å². The van der Waals surface area contributed by atoms with Gasteiger partial charge < -0.3 is 29.1 Å². The SMILES string of the molecule is CCOc1nc(N)nc2c1ncn2C(C)OC(CC)COP(O)(=S)OC(C)C. The molecule has 28 heavy (non-hydrogen) atoms. The highest BCUT2D eigenvalue weighted by molar-refractivity contribution is 8.07. The largest absolute Gasteiger partial charge is 0.476 e. The van der Waals surface area contributed by atoms with E-state index in [1.165, 1.54) is 0 Å². The average Bonchev–Trinajstić information content (AvgIpc) is 3.01. The summed E-state index contributed by atoms with van der Waals surface area (Å²) in [7, 11) is 0. The molecule has 158 valence electrons. The van der Waals surface area contributed by atoms with Crippen molar-refractivity contribution >= 4 is 35.6 Å². The van der Waals surface area contributed by atoms with Crippen LogP contribution >= 0.6 is 6.72 Å². The number of nitrogen functional groups attached to an aromatic ring is 1. The number of aromatic nitrogens is 4. The van der Waals surface area contributed by atoms with Gasteiger partial charge in [0.05, 0.1) is 31.7 Å². The summed E-state index contributed by atoms with van der Waals surface area (Å²) in [6, 6.07) is 0. The molecule has 0 fully saturated rings. The van der Waals surface area contributed by atoms with Crippen LogP contribution in [0.3, 0.4) is 0 Å². The van der Waals surface area contributed by atoms with Gasteiger partial charge in [-0.15, -0.1) is 0 Å². The molecule has 0 aromatic carbocycles. The van der Waals surface area contributed by atoms with E-state index >= 15 is 0 Å². The molecular weight excluding hydrogens is 405 g/mol. The molecule has 3 unspecified atom stereocenters. The Morgan fingerprint density at radius 2 is 2.00 bits per heavy atom. The Balaban J connectivity index is 2.12. The zero-order valence-electron chi connectivity index (χ0n) is 16.7. The lowest BCUT2D eigenvalue weighted by atomic mass is 10.3. The normalized spacial score (nSPS) is 16.2. The van der Waals surface area contributed by atoms with E-state index in [-0.39, 0.29) is 24.8 Å². The molecule has 0 aliphatic heterocycles. The topological polar surface area (TPSA) is 127 Å². The molecule has 0 spiro atoms. The lowest BCUT2D eigenvalue weighted by Crippen LogP contribution is -2.23. The van der Waals surface area contributed by atoms with Crippen molar-refractivity contribution in [2.75, 3.05) is 18.9 Å². The highest BCUT2D eigenvalue weighted by Crippen LogP contribution is 2.45. The van der Waals surface area contributed by atoms with Crippen molar-refractivity contribution in [2.24, 2.45) is 0 Å². The highest BCUT2D eigenvalue weighted by atomic mass is 32.5. The van der Waals surface area contributed by atoms with Crippen LogP contribution in [0.5, 0.6) is 5.88 Å². The lowest BCUT2D eigenvalue weighted by Gasteiger charge is -2.25. The second kappa shape index (κ2) is 9.91. The minimum Gasteiger partial charge on any atom is -0.476 e. The Morgan fingerprint density at radius 1 is 1.29 bits per heavy atom. The average molecular weight is 433 g/mol. The third-order valence-electron chi connectivity index (χ3n) is 3.69. The Morgan fingerprint density at radius 3 is 2.61 bits per heavy atom. The quantitative estimate of drug-likeness (QED) is 0.511. The standard InChI is InChI=1S/C16H28N5O5PS/c1-6-12(8-24-27(22,28)26-10(3)4)25-11(5)21-9-18-13-14(21)19-16(17)20-15(13)23-7-2/h9-12H,6-8H2,1-5H3,(H,22,28)(H2,17,19,20). The summed E-state index contributed by atoms with van der Waals surface area (Å²) in [5.41, 5.74) is 6.81. The number of nitrogens with two attached hydrogens (primary N) is 1. The van der Waals surface area contributed by atoms with Crippen molar-refractivity contribution in [3.05, 3.63) is 6.33 Å². The van der Waals surface area contributed by atoms with Crippen molar-refractivity contribution in [3.63, 3.8) is 0 Å². The van der Waals surface area contributed by atoms with E-state index in [0.29, 0.717) is 30.1 Å². The summed E-state index contributed by atoms with van der Waals surface area (Å²) in [5.74, 6) is 0.421. The summed E-state index contributed by atoms with van der Waals surface area (Å²) in [6.45, 7) is 6.46. The first kappa shape index (κ1) is 22.9. The minimum absolute atomic E-state index is 0.0899. The van der Waals surface area contributed by atoms with Gasteiger partial charge in [-0.25, -0.2) is 4.98 Å². The molecule has 2 aromatic rings. The van der Waals surface area contributed by atoms with E-state index in [4.69, 9.17) is 36.1 Å². The summed E-state index contributed by atoms with van der Waals surface area (Å²) in [4.78, 5) is 22.7. The van der Waals surface area contributed by atoms with E-state index in [1.54, 1.807) is 24.7 Å². The predicted molar refractivity (Wildman–Crippen MR) is 109 cm³/mol. The minimum atomic E-state index is -3.30. The summed E-state index contributed by atoms with van der Waals surface area (Å²) in [6.07, 6.45) is 1.28. The van der Waals surface area contributed by atoms with E-state index < -0.39 is 12.9 Å². The van der Waals surface area contributed by atoms with Gasteiger partial charge in [-0.05, 0) is 45.9 Å². The molecule has 0 aliphatic carbocycles.